The fourth-order valence-corrected chi connectivity index (χ4v) is 3.48. The molecule has 0 aromatic heterocycles. The predicted molar refractivity (Wildman–Crippen MR) is 114 cm³/mol. The van der Waals surface area contributed by atoms with Gasteiger partial charge in [-0.25, -0.2) is 4.40 Å². The molecule has 0 aliphatic carbocycles. The van der Waals surface area contributed by atoms with Crippen LogP contribution < -0.4 is 16.2 Å². The summed E-state index contributed by atoms with van der Waals surface area (Å²) in [6, 6.07) is 12.1. The van der Waals surface area contributed by atoms with Gasteiger partial charge in [0.2, 0.25) is 5.91 Å². The number of carbonyl (C=O) groups is 1. The van der Waals surface area contributed by atoms with Crippen LogP contribution in [-0.2, 0) is 4.79 Å². The maximum atomic E-state index is 12.7. The molecule has 3 rings (SSSR count). The number of nitrogens with zero attached hydrogens (tertiary/aromatic N) is 2. The first-order valence-corrected chi connectivity index (χ1v) is 10.0. The molecule has 30 heavy (non-hydrogen) atoms. The van der Waals surface area contributed by atoms with E-state index < -0.39 is 12.7 Å². The van der Waals surface area contributed by atoms with Crippen molar-refractivity contribution in [2.24, 2.45) is 15.9 Å². The van der Waals surface area contributed by atoms with Crippen molar-refractivity contribution in [2.45, 2.75) is 17.5 Å². The third kappa shape index (κ3) is 5.71. The van der Waals surface area contributed by atoms with E-state index in [9.17, 15) is 13.6 Å². The molecule has 0 saturated carbocycles. The molecule has 6 nitrogen and oxygen atoms in total. The van der Waals surface area contributed by atoms with Crippen LogP contribution in [0.5, 0.6) is 5.75 Å². The fraction of sp³-hybridized carbons (Fsp3) is 0.200. The lowest BCUT2D eigenvalue weighted by atomic mass is 10.1. The van der Waals surface area contributed by atoms with Crippen LogP contribution in [0.2, 0.25) is 5.02 Å². The Hall–Kier alpha value is -2.62. The van der Waals surface area contributed by atoms with Gasteiger partial charge in [0, 0.05) is 45.9 Å². The molecule has 0 radical (unpaired) electrons. The van der Waals surface area contributed by atoms with Gasteiger partial charge in [-0.15, -0.1) is 0 Å². The highest BCUT2D eigenvalue weighted by Crippen LogP contribution is 2.24. The average Bonchev–Trinajstić information content (AvgIpc) is 3.09. The van der Waals surface area contributed by atoms with Crippen molar-refractivity contribution >= 4 is 35.7 Å². The summed E-state index contributed by atoms with van der Waals surface area (Å²) in [5, 5.41) is 0.567. The quantitative estimate of drug-likeness (QED) is 0.492. The van der Waals surface area contributed by atoms with E-state index in [0.717, 1.165) is 22.4 Å². The summed E-state index contributed by atoms with van der Waals surface area (Å²) in [5.74, 6) is -0.168. The summed E-state index contributed by atoms with van der Waals surface area (Å²) in [7, 11) is 0. The highest BCUT2D eigenvalue weighted by atomic mass is 35.5. The Kier molecular flexibility index (Phi) is 7.30. The van der Waals surface area contributed by atoms with E-state index in [1.165, 1.54) is 12.1 Å². The summed E-state index contributed by atoms with van der Waals surface area (Å²) in [5.41, 5.74) is 14.1. The van der Waals surface area contributed by atoms with Crippen molar-refractivity contribution in [1.29, 1.82) is 0 Å². The van der Waals surface area contributed by atoms with E-state index >= 15 is 0 Å². The molecule has 0 fully saturated rings. The Morgan fingerprint density at radius 3 is 2.47 bits per heavy atom. The molecule has 1 unspecified atom stereocenters. The van der Waals surface area contributed by atoms with Crippen molar-refractivity contribution in [1.82, 2.24) is 4.90 Å². The van der Waals surface area contributed by atoms with Gasteiger partial charge in [-0.3, -0.25) is 4.79 Å². The Morgan fingerprint density at radius 2 is 1.83 bits per heavy atom. The molecule has 1 aliphatic rings. The van der Waals surface area contributed by atoms with Gasteiger partial charge in [0.25, 0.3) is 0 Å². The first-order chi connectivity index (χ1) is 14.3. The standard InChI is InChI=1S/C20H19ClF2N4O2S/c21-14-3-1-12(2-4-14)18(25)19(28)27-10-13(17(24)11-27)9-26-30-16-7-5-15(6-8-16)29-20(22)23/h1-9,18,20H,10-11,24-25H2. The van der Waals surface area contributed by atoms with Gasteiger partial charge < -0.3 is 21.1 Å². The van der Waals surface area contributed by atoms with Crippen LogP contribution in [-0.4, -0.2) is 36.7 Å². The second-order valence-corrected chi connectivity index (χ2v) is 7.75. The average molecular weight is 453 g/mol. The topological polar surface area (TPSA) is 93.9 Å². The zero-order valence-electron chi connectivity index (χ0n) is 15.7. The third-order valence-corrected chi connectivity index (χ3v) is 5.30. The molecule has 0 bridgehead atoms. The molecular weight excluding hydrogens is 434 g/mol. The van der Waals surface area contributed by atoms with Gasteiger partial charge in [-0.1, -0.05) is 23.7 Å². The Morgan fingerprint density at radius 1 is 1.17 bits per heavy atom. The fourth-order valence-electron chi connectivity index (χ4n) is 2.79. The summed E-state index contributed by atoms with van der Waals surface area (Å²) in [4.78, 5) is 15.0. The van der Waals surface area contributed by atoms with E-state index in [4.69, 9.17) is 23.1 Å². The van der Waals surface area contributed by atoms with Crippen LogP contribution in [0.25, 0.3) is 0 Å². The number of halogens is 3. The molecule has 0 spiro atoms. The summed E-state index contributed by atoms with van der Waals surface area (Å²) >= 11 is 7.02. The van der Waals surface area contributed by atoms with E-state index in [1.54, 1.807) is 47.5 Å². The summed E-state index contributed by atoms with van der Waals surface area (Å²) < 4.78 is 32.9. The Labute approximate surface area is 181 Å². The molecule has 1 atom stereocenters. The number of hydrogen-bond acceptors (Lipinski definition) is 6. The molecule has 1 amide bonds. The number of hydrogen-bond donors (Lipinski definition) is 2. The normalized spacial score (nSPS) is 15.3. The lowest BCUT2D eigenvalue weighted by molar-refractivity contribution is -0.131. The van der Waals surface area contributed by atoms with Crippen molar-refractivity contribution in [3.63, 3.8) is 0 Å². The van der Waals surface area contributed by atoms with E-state index in [-0.39, 0.29) is 18.2 Å². The van der Waals surface area contributed by atoms with Crippen LogP contribution >= 0.6 is 23.5 Å². The predicted octanol–water partition coefficient (Wildman–Crippen LogP) is 3.77. The zero-order chi connectivity index (χ0) is 21.7. The van der Waals surface area contributed by atoms with E-state index in [2.05, 4.69) is 9.13 Å². The first-order valence-electron chi connectivity index (χ1n) is 8.86. The number of benzene rings is 2. The van der Waals surface area contributed by atoms with Gasteiger partial charge in [0.1, 0.15) is 11.8 Å². The first kappa shape index (κ1) is 22.1. The second kappa shape index (κ2) is 9.92. The van der Waals surface area contributed by atoms with Crippen LogP contribution in [0.3, 0.4) is 0 Å². The molecule has 158 valence electrons. The maximum absolute atomic E-state index is 12.7. The highest BCUT2D eigenvalue weighted by molar-refractivity contribution is 7.98. The maximum Gasteiger partial charge on any atom is 0.387 e. The Balaban J connectivity index is 1.55. The molecule has 1 heterocycles. The molecule has 2 aromatic carbocycles. The highest BCUT2D eigenvalue weighted by Gasteiger charge is 2.28. The van der Waals surface area contributed by atoms with Crippen LogP contribution in [0.15, 0.2) is 69.1 Å². The van der Waals surface area contributed by atoms with Gasteiger partial charge in [0.05, 0.1) is 6.54 Å². The number of rotatable bonds is 7. The van der Waals surface area contributed by atoms with Gasteiger partial charge in [-0.05, 0) is 42.0 Å². The number of ether oxygens (including phenoxy) is 1. The summed E-state index contributed by atoms with van der Waals surface area (Å²) in [6.07, 6.45) is 1.59. The molecule has 4 N–H and O–H groups in total. The van der Waals surface area contributed by atoms with Gasteiger partial charge >= 0.3 is 6.61 Å². The van der Waals surface area contributed by atoms with Crippen molar-refractivity contribution < 1.29 is 18.3 Å². The Bertz CT molecular complexity index is 952. The van der Waals surface area contributed by atoms with Crippen molar-refractivity contribution in [3.05, 3.63) is 70.4 Å². The zero-order valence-corrected chi connectivity index (χ0v) is 17.2. The minimum Gasteiger partial charge on any atom is -0.435 e. The molecule has 10 heteroatoms. The molecule has 2 aromatic rings. The number of nitrogens with two attached hydrogens (primary N) is 2. The van der Waals surface area contributed by atoms with Crippen LogP contribution in [0.1, 0.15) is 11.6 Å². The number of carbonyl (C=O) groups excluding carboxylic acids is 1. The number of amides is 1. The third-order valence-electron chi connectivity index (χ3n) is 4.36. The minimum atomic E-state index is -2.86. The largest absolute Gasteiger partial charge is 0.435 e. The van der Waals surface area contributed by atoms with Gasteiger partial charge in [-0.2, -0.15) is 8.78 Å². The van der Waals surface area contributed by atoms with Gasteiger partial charge in [0.15, 0.2) is 0 Å². The smallest absolute Gasteiger partial charge is 0.387 e. The number of alkyl halides is 2. The van der Waals surface area contributed by atoms with E-state index in [1.807, 2.05) is 0 Å². The lowest BCUT2D eigenvalue weighted by Crippen LogP contribution is -2.38. The second-order valence-electron chi connectivity index (χ2n) is 6.45. The van der Waals surface area contributed by atoms with Crippen LogP contribution in [0, 0.1) is 0 Å². The van der Waals surface area contributed by atoms with E-state index in [0.29, 0.717) is 22.8 Å². The molecular formula is C20H19ClF2N4O2S. The summed E-state index contributed by atoms with van der Waals surface area (Å²) in [6.45, 7) is -2.29. The van der Waals surface area contributed by atoms with Crippen molar-refractivity contribution in [3.8, 4) is 5.75 Å². The lowest BCUT2D eigenvalue weighted by Gasteiger charge is -2.21. The van der Waals surface area contributed by atoms with Crippen LogP contribution in [0.4, 0.5) is 8.78 Å². The minimum absolute atomic E-state index is 0.0762. The molecule has 0 saturated heterocycles. The molecule has 1 aliphatic heterocycles. The SMILES string of the molecule is NC1=C(C=NSc2ccc(OC(F)F)cc2)CN(C(=O)C(N)c2ccc(Cl)cc2)C1. The van der Waals surface area contributed by atoms with Crippen molar-refractivity contribution in [2.75, 3.05) is 13.1 Å². The monoisotopic (exact) mass is 452 g/mol.